The van der Waals surface area contributed by atoms with Crippen LogP contribution in [0.4, 0.5) is 0 Å². The van der Waals surface area contributed by atoms with Gasteiger partial charge in [-0.1, -0.05) is 0 Å². The van der Waals surface area contributed by atoms with Crippen LogP contribution in [-0.2, 0) is 0 Å². The van der Waals surface area contributed by atoms with E-state index in [9.17, 15) is 0 Å². The topological polar surface area (TPSA) is 90.7 Å². The van der Waals surface area contributed by atoms with E-state index in [-0.39, 0.29) is 30.4 Å². The number of piperidine rings is 1. The summed E-state index contributed by atoms with van der Waals surface area (Å²) in [6.45, 7) is 10.5. The van der Waals surface area contributed by atoms with Gasteiger partial charge in [-0.2, -0.15) is 0 Å². The van der Waals surface area contributed by atoms with Crippen molar-refractivity contribution in [3.8, 4) is 0 Å². The normalized spacial score (nSPS) is 22.8. The molecule has 1 aliphatic heterocycles. The average molecular weight is 261 g/mol. The molecule has 5 nitrogen and oxygen atoms in total. The monoisotopic (exact) mass is 261 g/mol. The van der Waals surface area contributed by atoms with Crippen LogP contribution in [0.1, 0.15) is 40.5 Å². The minimum absolute atomic E-state index is 0. The molecule has 18 heavy (non-hydrogen) atoms. The van der Waals surface area contributed by atoms with Gasteiger partial charge in [-0.05, 0) is 40.5 Å². The lowest BCUT2D eigenvalue weighted by atomic mass is 9.79. The van der Waals surface area contributed by atoms with E-state index in [0.29, 0.717) is 19.1 Å². The van der Waals surface area contributed by atoms with Crippen molar-refractivity contribution in [1.29, 1.82) is 0 Å². The fourth-order valence-electron chi connectivity index (χ4n) is 3.26. The molecule has 6 N–H and O–H groups in total. The summed E-state index contributed by atoms with van der Waals surface area (Å²) >= 11 is 0. The lowest BCUT2D eigenvalue weighted by molar-refractivity contribution is 0.0447. The zero-order valence-electron chi connectivity index (χ0n) is 12.4. The molecule has 0 aromatic heterocycles. The summed E-state index contributed by atoms with van der Waals surface area (Å²) in [5.41, 5.74) is 0.213. The van der Waals surface area contributed by atoms with Gasteiger partial charge in [0.2, 0.25) is 0 Å². The second kappa shape index (κ2) is 6.82. The van der Waals surface area contributed by atoms with Gasteiger partial charge in [0, 0.05) is 30.2 Å². The Kier molecular flexibility index (Phi) is 6.74. The molecule has 110 valence electrons. The van der Waals surface area contributed by atoms with Crippen LogP contribution in [0.15, 0.2) is 0 Å². The highest BCUT2D eigenvalue weighted by Crippen LogP contribution is 2.31. The number of hydrogen-bond donors (Lipinski definition) is 4. The van der Waals surface area contributed by atoms with E-state index < -0.39 is 0 Å². The first-order valence-corrected chi connectivity index (χ1v) is 6.55. The molecule has 0 atom stereocenters. The predicted molar refractivity (Wildman–Crippen MR) is 75.1 cm³/mol. The average Bonchev–Trinajstić information content (AvgIpc) is 2.12. The Hall–Kier alpha value is -0.200. The maximum Gasteiger partial charge on any atom is 0.0558 e. The van der Waals surface area contributed by atoms with Gasteiger partial charge in [-0.15, -0.1) is 0 Å². The SMILES string of the molecule is CC1(C)CC(N(CCO)CCO)CC(C)(C)N1.N. The van der Waals surface area contributed by atoms with E-state index in [0.717, 1.165) is 12.8 Å². The highest BCUT2D eigenvalue weighted by Gasteiger charge is 2.39. The van der Waals surface area contributed by atoms with Gasteiger partial charge in [-0.25, -0.2) is 0 Å². The van der Waals surface area contributed by atoms with E-state index in [4.69, 9.17) is 10.2 Å². The van der Waals surface area contributed by atoms with Crippen LogP contribution in [0.25, 0.3) is 0 Å². The predicted octanol–water partition coefficient (Wildman–Crippen LogP) is 0.744. The molecule has 5 heteroatoms. The Balaban J connectivity index is 0.00000289. The summed E-state index contributed by atoms with van der Waals surface area (Å²) < 4.78 is 0. The van der Waals surface area contributed by atoms with Crippen molar-refractivity contribution >= 4 is 0 Å². The molecule has 0 unspecified atom stereocenters. The van der Waals surface area contributed by atoms with Gasteiger partial charge in [0.05, 0.1) is 13.2 Å². The summed E-state index contributed by atoms with van der Waals surface area (Å²) in [6, 6.07) is 0.431. The zero-order valence-corrected chi connectivity index (χ0v) is 12.4. The van der Waals surface area contributed by atoms with Crippen LogP contribution in [0.5, 0.6) is 0 Å². The van der Waals surface area contributed by atoms with Gasteiger partial charge in [0.1, 0.15) is 0 Å². The molecule has 1 aliphatic rings. The summed E-state index contributed by atoms with van der Waals surface area (Å²) in [5, 5.41) is 21.9. The molecule has 0 bridgehead atoms. The van der Waals surface area contributed by atoms with Gasteiger partial charge in [0.15, 0.2) is 0 Å². The largest absolute Gasteiger partial charge is 0.395 e. The maximum atomic E-state index is 9.12. The third-order valence-corrected chi connectivity index (χ3v) is 3.46. The van der Waals surface area contributed by atoms with Crippen molar-refractivity contribution in [1.82, 2.24) is 16.4 Å². The maximum absolute atomic E-state index is 9.12. The Morgan fingerprint density at radius 3 is 1.72 bits per heavy atom. The molecule has 0 amide bonds. The van der Waals surface area contributed by atoms with Crippen molar-refractivity contribution < 1.29 is 10.2 Å². The fourth-order valence-corrected chi connectivity index (χ4v) is 3.26. The number of aliphatic hydroxyl groups is 2. The van der Waals surface area contributed by atoms with Crippen molar-refractivity contribution in [2.75, 3.05) is 26.3 Å². The second-order valence-corrected chi connectivity index (χ2v) is 6.44. The molecular formula is C13H31N3O2. The summed E-state index contributed by atoms with van der Waals surface area (Å²) in [7, 11) is 0. The van der Waals surface area contributed by atoms with Gasteiger partial charge < -0.3 is 21.7 Å². The van der Waals surface area contributed by atoms with Crippen LogP contribution in [0.2, 0.25) is 0 Å². The quantitative estimate of drug-likeness (QED) is 0.586. The van der Waals surface area contributed by atoms with Crippen LogP contribution < -0.4 is 11.5 Å². The third-order valence-electron chi connectivity index (χ3n) is 3.46. The Morgan fingerprint density at radius 2 is 1.39 bits per heavy atom. The molecule has 0 aromatic rings. The summed E-state index contributed by atoms with van der Waals surface area (Å²) in [4.78, 5) is 2.21. The van der Waals surface area contributed by atoms with Crippen molar-refractivity contribution in [3.63, 3.8) is 0 Å². The number of hydrogen-bond acceptors (Lipinski definition) is 5. The molecule has 1 heterocycles. The first-order chi connectivity index (χ1) is 7.79. The van der Waals surface area contributed by atoms with Gasteiger partial charge in [-0.3, -0.25) is 4.90 Å². The Labute approximate surface area is 111 Å². The molecule has 0 aliphatic carbocycles. The van der Waals surface area contributed by atoms with Crippen molar-refractivity contribution in [2.24, 2.45) is 0 Å². The molecule has 0 radical (unpaired) electrons. The molecule has 1 rings (SSSR count). The van der Waals surface area contributed by atoms with Crippen molar-refractivity contribution in [3.05, 3.63) is 0 Å². The first kappa shape index (κ1) is 17.8. The minimum atomic E-state index is 0. The lowest BCUT2D eigenvalue weighted by Crippen LogP contribution is -2.62. The lowest BCUT2D eigenvalue weighted by Gasteiger charge is -2.49. The van der Waals surface area contributed by atoms with Crippen LogP contribution >= 0.6 is 0 Å². The highest BCUT2D eigenvalue weighted by atomic mass is 16.3. The van der Waals surface area contributed by atoms with E-state index in [2.05, 4.69) is 37.9 Å². The molecule has 0 aromatic carbocycles. The number of aliphatic hydroxyl groups excluding tert-OH is 2. The molecule has 0 spiro atoms. The standard InChI is InChI=1S/C13H28N2O2.H3N/c1-12(2)9-11(10-13(3,4)14-12)15(5-7-16)6-8-17;/h11,14,16-17H,5-10H2,1-4H3;1H3. The van der Waals surface area contributed by atoms with Crippen LogP contribution in [0, 0.1) is 0 Å². The van der Waals surface area contributed by atoms with Gasteiger partial charge >= 0.3 is 0 Å². The summed E-state index contributed by atoms with van der Waals surface area (Å²) in [6.07, 6.45) is 2.10. The van der Waals surface area contributed by atoms with Gasteiger partial charge in [0.25, 0.3) is 0 Å². The zero-order chi connectivity index (χ0) is 13.1. The van der Waals surface area contributed by atoms with E-state index in [1.54, 1.807) is 0 Å². The minimum Gasteiger partial charge on any atom is -0.395 e. The van der Waals surface area contributed by atoms with Crippen LogP contribution in [-0.4, -0.2) is 58.5 Å². The first-order valence-electron chi connectivity index (χ1n) is 6.55. The molecule has 0 saturated carbocycles. The number of rotatable bonds is 5. The smallest absolute Gasteiger partial charge is 0.0558 e. The summed E-state index contributed by atoms with van der Waals surface area (Å²) in [5.74, 6) is 0. The second-order valence-electron chi connectivity index (χ2n) is 6.44. The Morgan fingerprint density at radius 1 is 1.00 bits per heavy atom. The fraction of sp³-hybridized carbons (Fsp3) is 1.00. The molecule has 1 saturated heterocycles. The highest BCUT2D eigenvalue weighted by molar-refractivity contribution is 5.00. The van der Waals surface area contributed by atoms with E-state index in [1.165, 1.54) is 0 Å². The number of nitrogens with one attached hydrogen (secondary N) is 1. The van der Waals surface area contributed by atoms with Crippen molar-refractivity contribution in [2.45, 2.75) is 57.7 Å². The third kappa shape index (κ3) is 5.20. The van der Waals surface area contributed by atoms with E-state index in [1.807, 2.05) is 0 Å². The molecular weight excluding hydrogens is 230 g/mol. The van der Waals surface area contributed by atoms with Crippen LogP contribution in [0.3, 0.4) is 0 Å². The number of nitrogens with zero attached hydrogens (tertiary/aromatic N) is 1. The Bertz CT molecular complexity index is 222. The van der Waals surface area contributed by atoms with E-state index >= 15 is 0 Å². The molecule has 1 fully saturated rings.